The van der Waals surface area contributed by atoms with Crippen molar-refractivity contribution in [2.45, 2.75) is 32.4 Å². The highest BCUT2D eigenvalue weighted by Crippen LogP contribution is 2.19. The lowest BCUT2D eigenvalue weighted by Crippen LogP contribution is -2.46. The molecular formula is C16H24N6. The van der Waals surface area contributed by atoms with E-state index in [-0.39, 0.29) is 0 Å². The Labute approximate surface area is 131 Å². The number of likely N-dealkylation sites (tertiary alicyclic amines) is 1. The fourth-order valence-electron chi connectivity index (χ4n) is 3.04. The highest BCUT2D eigenvalue weighted by Gasteiger charge is 2.25. The van der Waals surface area contributed by atoms with Crippen molar-refractivity contribution in [2.24, 2.45) is 7.05 Å². The second-order valence-electron chi connectivity index (χ2n) is 6.12. The number of piperidine rings is 1. The van der Waals surface area contributed by atoms with Crippen LogP contribution in [-0.2, 0) is 13.6 Å². The molecule has 2 aromatic rings. The van der Waals surface area contributed by atoms with E-state index < -0.39 is 0 Å². The Balaban J connectivity index is 1.64. The topological polar surface area (TPSA) is 50.1 Å². The van der Waals surface area contributed by atoms with Crippen LogP contribution in [0.4, 0.5) is 5.95 Å². The zero-order valence-electron chi connectivity index (χ0n) is 13.6. The van der Waals surface area contributed by atoms with E-state index in [9.17, 15) is 0 Å². The van der Waals surface area contributed by atoms with Gasteiger partial charge in [0.25, 0.3) is 0 Å². The summed E-state index contributed by atoms with van der Waals surface area (Å²) in [5.41, 5.74) is 2.15. The average molecular weight is 300 g/mol. The van der Waals surface area contributed by atoms with Crippen LogP contribution < -0.4 is 4.90 Å². The Morgan fingerprint density at radius 3 is 2.95 bits per heavy atom. The van der Waals surface area contributed by atoms with Crippen molar-refractivity contribution in [3.63, 3.8) is 0 Å². The van der Waals surface area contributed by atoms with Gasteiger partial charge in [-0.2, -0.15) is 5.10 Å². The van der Waals surface area contributed by atoms with Gasteiger partial charge < -0.3 is 4.90 Å². The molecule has 3 rings (SSSR count). The molecule has 0 bridgehead atoms. The second-order valence-corrected chi connectivity index (χ2v) is 6.12. The zero-order chi connectivity index (χ0) is 15.5. The molecule has 0 radical (unpaired) electrons. The molecule has 0 aliphatic carbocycles. The summed E-state index contributed by atoms with van der Waals surface area (Å²) in [7, 11) is 4.06. The van der Waals surface area contributed by atoms with Crippen LogP contribution in [0.2, 0.25) is 0 Å². The number of likely N-dealkylation sites (N-methyl/N-ethyl adjacent to an activating group) is 1. The summed E-state index contributed by atoms with van der Waals surface area (Å²) in [6, 6.07) is 4.49. The standard InChI is InChI=1S/C16H24N6/c1-13-6-8-17-16(18-13)21(3)15-5-4-9-22(12-15)11-14-7-10-20(2)19-14/h6-8,10,15H,4-5,9,11-12H2,1-3H3. The van der Waals surface area contributed by atoms with Gasteiger partial charge in [-0.05, 0) is 38.4 Å². The van der Waals surface area contributed by atoms with Crippen molar-refractivity contribution in [3.05, 3.63) is 35.9 Å². The molecule has 6 nitrogen and oxygen atoms in total. The third-order valence-corrected chi connectivity index (χ3v) is 4.28. The van der Waals surface area contributed by atoms with E-state index in [2.05, 4.69) is 38.0 Å². The van der Waals surface area contributed by atoms with Crippen molar-refractivity contribution in [1.82, 2.24) is 24.6 Å². The smallest absolute Gasteiger partial charge is 0.225 e. The largest absolute Gasteiger partial charge is 0.340 e. The van der Waals surface area contributed by atoms with Gasteiger partial charge in [0.15, 0.2) is 0 Å². The number of anilines is 1. The van der Waals surface area contributed by atoms with Gasteiger partial charge in [-0.3, -0.25) is 9.58 Å². The van der Waals surface area contributed by atoms with Crippen LogP contribution in [0.5, 0.6) is 0 Å². The fourth-order valence-corrected chi connectivity index (χ4v) is 3.04. The lowest BCUT2D eigenvalue weighted by Gasteiger charge is -2.37. The first-order chi connectivity index (χ1) is 10.6. The number of hydrogen-bond donors (Lipinski definition) is 0. The van der Waals surface area contributed by atoms with Crippen LogP contribution >= 0.6 is 0 Å². The van der Waals surface area contributed by atoms with Gasteiger partial charge in [-0.15, -0.1) is 0 Å². The first-order valence-corrected chi connectivity index (χ1v) is 7.85. The molecule has 0 spiro atoms. The van der Waals surface area contributed by atoms with Gasteiger partial charge in [-0.1, -0.05) is 0 Å². The van der Waals surface area contributed by atoms with E-state index in [0.717, 1.165) is 37.0 Å². The number of rotatable bonds is 4. The Morgan fingerprint density at radius 1 is 1.36 bits per heavy atom. The van der Waals surface area contributed by atoms with Crippen LogP contribution in [0, 0.1) is 6.92 Å². The maximum Gasteiger partial charge on any atom is 0.225 e. The van der Waals surface area contributed by atoms with Crippen molar-refractivity contribution in [1.29, 1.82) is 0 Å². The molecule has 1 unspecified atom stereocenters. The van der Waals surface area contributed by atoms with E-state index in [4.69, 9.17) is 0 Å². The molecule has 0 saturated carbocycles. The summed E-state index contributed by atoms with van der Waals surface area (Å²) in [6.07, 6.45) is 6.23. The third kappa shape index (κ3) is 3.44. The molecule has 0 amide bonds. The number of aryl methyl sites for hydroxylation is 2. The third-order valence-electron chi connectivity index (χ3n) is 4.28. The molecular weight excluding hydrogens is 276 g/mol. The Hall–Kier alpha value is -1.95. The summed E-state index contributed by atoms with van der Waals surface area (Å²) in [4.78, 5) is 13.6. The van der Waals surface area contributed by atoms with Gasteiger partial charge >= 0.3 is 0 Å². The minimum Gasteiger partial charge on any atom is -0.340 e. The minimum absolute atomic E-state index is 0.458. The Morgan fingerprint density at radius 2 is 2.23 bits per heavy atom. The van der Waals surface area contributed by atoms with E-state index in [1.807, 2.05) is 37.1 Å². The molecule has 1 atom stereocenters. The normalized spacial score (nSPS) is 19.3. The van der Waals surface area contributed by atoms with Crippen molar-refractivity contribution in [2.75, 3.05) is 25.0 Å². The number of hydrogen-bond acceptors (Lipinski definition) is 5. The van der Waals surface area contributed by atoms with Gasteiger partial charge in [0.05, 0.1) is 5.69 Å². The molecule has 2 aromatic heterocycles. The number of aromatic nitrogens is 4. The summed E-state index contributed by atoms with van der Waals surface area (Å²) < 4.78 is 1.86. The van der Waals surface area contributed by atoms with Gasteiger partial charge in [0.2, 0.25) is 5.95 Å². The summed E-state index contributed by atoms with van der Waals surface area (Å²) in [5.74, 6) is 0.824. The van der Waals surface area contributed by atoms with E-state index >= 15 is 0 Å². The fraction of sp³-hybridized carbons (Fsp3) is 0.562. The highest BCUT2D eigenvalue weighted by atomic mass is 15.3. The molecule has 1 fully saturated rings. The van der Waals surface area contributed by atoms with Crippen molar-refractivity contribution in [3.8, 4) is 0 Å². The van der Waals surface area contributed by atoms with Crippen LogP contribution in [0.15, 0.2) is 24.5 Å². The van der Waals surface area contributed by atoms with E-state index in [0.29, 0.717) is 6.04 Å². The SMILES string of the molecule is Cc1ccnc(N(C)C2CCCN(Cc3ccn(C)n3)C2)n1. The van der Waals surface area contributed by atoms with Crippen LogP contribution in [-0.4, -0.2) is 50.8 Å². The molecule has 118 valence electrons. The summed E-state index contributed by atoms with van der Waals surface area (Å²) in [6.45, 7) is 5.09. The van der Waals surface area contributed by atoms with Crippen molar-refractivity contribution >= 4 is 5.95 Å². The first-order valence-electron chi connectivity index (χ1n) is 7.85. The Bertz CT molecular complexity index is 623. The molecule has 0 N–H and O–H groups in total. The first kappa shape index (κ1) is 15.0. The summed E-state index contributed by atoms with van der Waals surface area (Å²) >= 11 is 0. The molecule has 1 saturated heterocycles. The lowest BCUT2D eigenvalue weighted by atomic mass is 10.0. The molecule has 3 heterocycles. The maximum absolute atomic E-state index is 4.54. The van der Waals surface area contributed by atoms with E-state index in [1.165, 1.54) is 12.8 Å². The van der Waals surface area contributed by atoms with E-state index in [1.54, 1.807) is 0 Å². The van der Waals surface area contributed by atoms with Crippen molar-refractivity contribution < 1.29 is 0 Å². The maximum atomic E-state index is 4.54. The Kier molecular flexibility index (Phi) is 4.38. The van der Waals surface area contributed by atoms with Gasteiger partial charge in [0.1, 0.15) is 0 Å². The minimum atomic E-state index is 0.458. The molecule has 6 heteroatoms. The predicted octanol–water partition coefficient (Wildman–Crippen LogP) is 1.62. The quantitative estimate of drug-likeness (QED) is 0.859. The molecule has 1 aliphatic heterocycles. The molecule has 22 heavy (non-hydrogen) atoms. The van der Waals surface area contributed by atoms with Gasteiger partial charge in [-0.25, -0.2) is 9.97 Å². The summed E-state index contributed by atoms with van der Waals surface area (Å²) in [5, 5.41) is 4.48. The lowest BCUT2D eigenvalue weighted by molar-refractivity contribution is 0.195. The monoisotopic (exact) mass is 300 g/mol. The van der Waals surface area contributed by atoms with Crippen LogP contribution in [0.25, 0.3) is 0 Å². The van der Waals surface area contributed by atoms with Gasteiger partial charge in [0, 0.05) is 51.3 Å². The molecule has 1 aliphatic rings. The zero-order valence-corrected chi connectivity index (χ0v) is 13.6. The van der Waals surface area contributed by atoms with Crippen LogP contribution in [0.3, 0.4) is 0 Å². The average Bonchev–Trinajstić information content (AvgIpc) is 2.92. The predicted molar refractivity (Wildman–Crippen MR) is 86.7 cm³/mol. The molecule has 0 aromatic carbocycles. The second kappa shape index (κ2) is 6.44. The highest BCUT2D eigenvalue weighted by molar-refractivity contribution is 5.30. The number of nitrogens with zero attached hydrogens (tertiary/aromatic N) is 6. The van der Waals surface area contributed by atoms with Crippen LogP contribution in [0.1, 0.15) is 24.2 Å².